The summed E-state index contributed by atoms with van der Waals surface area (Å²) in [5.74, 6) is 0. The predicted molar refractivity (Wildman–Crippen MR) is 220 cm³/mol. The molecule has 0 unspecified atom stereocenters. The number of hydrogen-bond acceptors (Lipinski definition) is 11. The summed E-state index contributed by atoms with van der Waals surface area (Å²) in [5.41, 5.74) is 4.56. The van der Waals surface area contributed by atoms with Crippen LogP contribution >= 0.6 is 34.8 Å². The van der Waals surface area contributed by atoms with E-state index in [0.717, 1.165) is 89.7 Å². The Morgan fingerprint density at radius 1 is 0.589 bits per heavy atom. The lowest BCUT2D eigenvalue weighted by atomic mass is 9.99. The van der Waals surface area contributed by atoms with Gasteiger partial charge in [-0.05, 0) is 62.4 Å². The highest BCUT2D eigenvalue weighted by Crippen LogP contribution is 2.51. The van der Waals surface area contributed by atoms with Crippen LogP contribution in [0.5, 0.6) is 0 Å². The van der Waals surface area contributed by atoms with Gasteiger partial charge < -0.3 is 4.90 Å². The lowest BCUT2D eigenvalue weighted by Gasteiger charge is -2.24. The average Bonchev–Trinajstić information content (AvgIpc) is 4.00. The minimum absolute atomic E-state index is 0.0333. The van der Waals surface area contributed by atoms with Crippen LogP contribution in [0.1, 0.15) is 16.7 Å². The molecule has 0 aliphatic rings. The molecule has 3 heterocycles. The summed E-state index contributed by atoms with van der Waals surface area (Å²) in [4.78, 5) is 33.9. The summed E-state index contributed by atoms with van der Waals surface area (Å²) in [6, 6.07) is 31.7. The van der Waals surface area contributed by atoms with Crippen LogP contribution in [0.25, 0.3) is 64.8 Å². The molecule has 272 valence electrons. The van der Waals surface area contributed by atoms with Crippen molar-refractivity contribution in [1.29, 1.82) is 0 Å². The molecule has 8 nitrogen and oxygen atoms in total. The van der Waals surface area contributed by atoms with E-state index in [0.29, 0.717) is 33.5 Å². The first-order valence-electron chi connectivity index (χ1n) is 17.2. The third-order valence-corrected chi connectivity index (χ3v) is 12.3. The minimum Gasteiger partial charge on any atom is -0.301 e. The smallest absolute Gasteiger partial charge is 0.301 e. The van der Waals surface area contributed by atoms with Gasteiger partial charge in [0.1, 0.15) is 32.4 Å². The number of aromatic nitrogens is 4. The molecule has 3 aromatic heterocycles. The second-order valence-electron chi connectivity index (χ2n) is 13.5. The van der Waals surface area contributed by atoms with E-state index in [1.807, 2.05) is 18.2 Å². The third kappa shape index (κ3) is 5.35. The van der Waals surface area contributed by atoms with E-state index in [1.165, 1.54) is 0 Å². The number of halogens is 3. The fourth-order valence-electron chi connectivity index (χ4n) is 7.21. The van der Waals surface area contributed by atoms with Crippen molar-refractivity contribution < 1.29 is 13.2 Å². The van der Waals surface area contributed by atoms with Crippen molar-refractivity contribution in [3.8, 4) is 10.4 Å². The zero-order valence-corrected chi connectivity index (χ0v) is 31.6. The fraction of sp³-hybridized carbons (Fsp3) is 0.0714. The first kappa shape index (κ1) is 34.3. The number of rotatable bonds is 5. The van der Waals surface area contributed by atoms with E-state index < -0.39 is 22.6 Å². The van der Waals surface area contributed by atoms with E-state index in [2.05, 4.69) is 93.2 Å². The molecular formula is C42H23F3N6O2S3. The molecule has 56 heavy (non-hydrogen) atoms. The summed E-state index contributed by atoms with van der Waals surface area (Å²) in [6.07, 6.45) is -4.68. The van der Waals surface area contributed by atoms with Crippen LogP contribution in [-0.4, -0.2) is 17.5 Å². The number of nitrogens with zero attached hydrogens (tertiary/aromatic N) is 6. The molecule has 0 aliphatic heterocycles. The van der Waals surface area contributed by atoms with Crippen molar-refractivity contribution in [1.82, 2.24) is 17.5 Å². The largest absolute Gasteiger partial charge is 0.416 e. The summed E-state index contributed by atoms with van der Waals surface area (Å²) >= 11 is 3.69. The van der Waals surface area contributed by atoms with Crippen LogP contribution in [0.15, 0.2) is 118 Å². The Morgan fingerprint density at radius 2 is 1.18 bits per heavy atom. The molecular weight excluding hydrogens is 774 g/mol. The molecule has 7 aromatic carbocycles. The van der Waals surface area contributed by atoms with Crippen molar-refractivity contribution in [2.75, 3.05) is 4.90 Å². The Labute approximate surface area is 326 Å². The number of benzene rings is 6. The number of anilines is 3. The number of aryl methyl sites for hydroxylation is 2. The van der Waals surface area contributed by atoms with Gasteiger partial charge in [0.15, 0.2) is 0 Å². The first-order chi connectivity index (χ1) is 27.0. The molecule has 14 heteroatoms. The van der Waals surface area contributed by atoms with E-state index in [4.69, 9.17) is 8.75 Å². The van der Waals surface area contributed by atoms with E-state index in [1.54, 1.807) is 17.4 Å². The van der Waals surface area contributed by atoms with Crippen molar-refractivity contribution in [2.24, 2.45) is 4.99 Å². The zero-order chi connectivity index (χ0) is 38.5. The molecule has 0 saturated heterocycles. The van der Waals surface area contributed by atoms with Gasteiger partial charge in [0.25, 0.3) is 5.43 Å². The fourth-order valence-corrected chi connectivity index (χ4v) is 9.69. The number of fused-ring (bicyclic) bond motifs is 7. The molecule has 10 aromatic rings. The van der Waals surface area contributed by atoms with Crippen molar-refractivity contribution >= 4 is 111 Å². The van der Waals surface area contributed by atoms with Crippen LogP contribution in [0, 0.1) is 13.8 Å². The van der Waals surface area contributed by atoms with Gasteiger partial charge in [-0.3, -0.25) is 9.59 Å². The quantitative estimate of drug-likeness (QED) is 0.160. The van der Waals surface area contributed by atoms with Crippen LogP contribution < -0.4 is 21.1 Å². The van der Waals surface area contributed by atoms with Crippen LogP contribution in [-0.2, 0) is 6.18 Å². The molecule has 0 amide bonds. The van der Waals surface area contributed by atoms with Crippen molar-refractivity contribution in [3.63, 3.8) is 0 Å². The monoisotopic (exact) mass is 796 g/mol. The number of hydrogen-bond donors (Lipinski definition) is 0. The summed E-state index contributed by atoms with van der Waals surface area (Å²) in [5, 5.41) is 3.98. The third-order valence-electron chi connectivity index (χ3n) is 9.98. The van der Waals surface area contributed by atoms with Gasteiger partial charge in [0, 0.05) is 54.1 Å². The van der Waals surface area contributed by atoms with Crippen molar-refractivity contribution in [2.45, 2.75) is 20.0 Å². The molecule has 0 bridgehead atoms. The van der Waals surface area contributed by atoms with Crippen LogP contribution in [0.2, 0.25) is 0 Å². The van der Waals surface area contributed by atoms with Gasteiger partial charge in [-0.1, -0.05) is 65.7 Å². The molecule has 0 N–H and O–H groups in total. The summed E-state index contributed by atoms with van der Waals surface area (Å²) in [6.45, 7) is 4.14. The Bertz CT molecular complexity index is 3340. The van der Waals surface area contributed by atoms with E-state index in [-0.39, 0.29) is 21.8 Å². The highest BCUT2D eigenvalue weighted by molar-refractivity contribution is 7.22. The standard InChI is InChI=1S/C42H23F3N6O2S3/c1-20-7-12-23(13-8-20)51(24-14-9-21(2)10-15-24)41-27-6-4-3-5-26(27)40(54-41)31-18-28-29(33-35(31)49-55-47-33)19-32(37-34(28)48-56-50-37)46-36-25-16-11-22(42(43,44)45)17-30(25)38(52)39(36)53/h3-19H,1-2H3. The highest BCUT2D eigenvalue weighted by atomic mass is 32.1. The van der Waals surface area contributed by atoms with Gasteiger partial charge in [0.05, 0.1) is 34.7 Å². The van der Waals surface area contributed by atoms with Crippen LogP contribution in [0.3, 0.4) is 0 Å². The SMILES string of the molecule is Cc1ccc(N(c2ccc(C)cc2)c2sc(-c3cc4c(cc(N=c5c(=O)c(=O)c6cc(C(F)(F)F)ccc56)c5nsnc54)c4nsnc34)c3ccccc23)cc1. The second-order valence-corrected chi connectivity index (χ2v) is 15.6. The van der Waals surface area contributed by atoms with E-state index in [9.17, 15) is 22.8 Å². The molecule has 0 aliphatic carbocycles. The topological polar surface area (TPSA) is 101 Å². The Hall–Kier alpha value is -6.22. The first-order valence-corrected chi connectivity index (χ1v) is 19.5. The normalized spacial score (nSPS) is 12.6. The zero-order valence-electron chi connectivity index (χ0n) is 29.2. The van der Waals surface area contributed by atoms with Gasteiger partial charge >= 0.3 is 6.18 Å². The molecule has 0 atom stereocenters. The minimum atomic E-state index is -4.68. The van der Waals surface area contributed by atoms with Gasteiger partial charge in [-0.15, -0.1) is 11.3 Å². The average molecular weight is 797 g/mol. The predicted octanol–water partition coefficient (Wildman–Crippen LogP) is 10.8. The maximum Gasteiger partial charge on any atom is 0.416 e. The molecule has 0 fully saturated rings. The molecule has 0 spiro atoms. The Balaban J connectivity index is 1.21. The molecule has 0 saturated carbocycles. The van der Waals surface area contributed by atoms with Gasteiger partial charge in [-0.2, -0.15) is 30.7 Å². The number of alkyl halides is 3. The Kier molecular flexibility index (Phi) is 7.75. The number of thiophene rings is 1. The Morgan fingerprint density at radius 3 is 1.84 bits per heavy atom. The molecule has 10 rings (SSSR count). The summed E-state index contributed by atoms with van der Waals surface area (Å²) in [7, 11) is 0. The van der Waals surface area contributed by atoms with Gasteiger partial charge in [-0.25, -0.2) is 4.99 Å². The highest BCUT2D eigenvalue weighted by Gasteiger charge is 2.31. The maximum absolute atomic E-state index is 13.5. The van der Waals surface area contributed by atoms with Gasteiger partial charge in [0.2, 0.25) is 5.43 Å². The van der Waals surface area contributed by atoms with E-state index >= 15 is 0 Å². The maximum atomic E-state index is 13.5. The lowest BCUT2D eigenvalue weighted by Crippen LogP contribution is -2.30. The summed E-state index contributed by atoms with van der Waals surface area (Å²) < 4.78 is 59.1. The second kappa shape index (κ2) is 12.7. The molecule has 0 radical (unpaired) electrons. The van der Waals surface area contributed by atoms with Crippen molar-refractivity contribution in [3.05, 3.63) is 146 Å². The van der Waals surface area contributed by atoms with Crippen LogP contribution in [0.4, 0.5) is 35.2 Å². The lowest BCUT2D eigenvalue weighted by molar-refractivity contribution is -0.137.